The lowest BCUT2D eigenvalue weighted by atomic mass is 10.1. The second kappa shape index (κ2) is 8.08. The summed E-state index contributed by atoms with van der Waals surface area (Å²) in [7, 11) is 0. The maximum Gasteiger partial charge on any atom is 0.407 e. The predicted octanol–water partition coefficient (Wildman–Crippen LogP) is 2.74. The maximum atomic E-state index is 11.7. The SMILES string of the molecule is CCC(CNC(=O)OC(C)(C)C)NC(C)c1nccnc1C. The lowest BCUT2D eigenvalue weighted by Crippen LogP contribution is -2.43. The average molecular weight is 308 g/mol. The summed E-state index contributed by atoms with van der Waals surface area (Å²) >= 11 is 0. The molecule has 124 valence electrons. The lowest BCUT2D eigenvalue weighted by Gasteiger charge is -2.24. The molecule has 0 saturated carbocycles. The number of ether oxygens (including phenoxy) is 1. The number of carbonyl (C=O) groups excluding carboxylic acids is 1. The van der Waals surface area contributed by atoms with Gasteiger partial charge in [0.15, 0.2) is 0 Å². The number of amides is 1. The van der Waals surface area contributed by atoms with Crippen molar-refractivity contribution in [2.75, 3.05) is 6.54 Å². The van der Waals surface area contributed by atoms with E-state index in [1.165, 1.54) is 0 Å². The van der Waals surface area contributed by atoms with Gasteiger partial charge in [-0.2, -0.15) is 0 Å². The Bertz CT molecular complexity index is 485. The smallest absolute Gasteiger partial charge is 0.407 e. The maximum absolute atomic E-state index is 11.7. The molecule has 2 atom stereocenters. The number of aromatic nitrogens is 2. The highest BCUT2D eigenvalue weighted by molar-refractivity contribution is 5.67. The predicted molar refractivity (Wildman–Crippen MR) is 86.6 cm³/mol. The van der Waals surface area contributed by atoms with Crippen LogP contribution in [0.25, 0.3) is 0 Å². The van der Waals surface area contributed by atoms with Gasteiger partial charge < -0.3 is 15.4 Å². The Labute approximate surface area is 133 Å². The van der Waals surface area contributed by atoms with Crippen LogP contribution in [0.15, 0.2) is 12.4 Å². The van der Waals surface area contributed by atoms with E-state index in [2.05, 4.69) is 27.5 Å². The van der Waals surface area contributed by atoms with Crippen molar-refractivity contribution < 1.29 is 9.53 Å². The summed E-state index contributed by atoms with van der Waals surface area (Å²) in [6, 6.07) is 0.211. The van der Waals surface area contributed by atoms with Crippen LogP contribution in [0, 0.1) is 6.92 Å². The third-order valence-electron chi connectivity index (χ3n) is 3.20. The van der Waals surface area contributed by atoms with Gasteiger partial charge in [-0.15, -0.1) is 0 Å². The van der Waals surface area contributed by atoms with Crippen molar-refractivity contribution in [1.82, 2.24) is 20.6 Å². The number of nitrogens with one attached hydrogen (secondary N) is 2. The molecular weight excluding hydrogens is 280 g/mol. The Balaban J connectivity index is 2.52. The third kappa shape index (κ3) is 6.39. The molecule has 0 saturated heterocycles. The number of hydrogen-bond acceptors (Lipinski definition) is 5. The van der Waals surface area contributed by atoms with Crippen LogP contribution in [-0.2, 0) is 4.74 Å². The van der Waals surface area contributed by atoms with Gasteiger partial charge in [0.05, 0.1) is 11.4 Å². The molecule has 2 N–H and O–H groups in total. The van der Waals surface area contributed by atoms with Gasteiger partial charge in [0.1, 0.15) is 5.60 Å². The summed E-state index contributed by atoms with van der Waals surface area (Å²) in [5, 5.41) is 6.27. The highest BCUT2D eigenvalue weighted by Gasteiger charge is 2.19. The normalized spacial score (nSPS) is 14.3. The molecular formula is C16H28N4O2. The summed E-state index contributed by atoms with van der Waals surface area (Å²) < 4.78 is 5.24. The van der Waals surface area contributed by atoms with Crippen LogP contribution in [0.1, 0.15) is 58.5 Å². The molecule has 1 amide bonds. The van der Waals surface area contributed by atoms with Crippen molar-refractivity contribution in [3.63, 3.8) is 0 Å². The number of rotatable bonds is 6. The van der Waals surface area contributed by atoms with Crippen molar-refractivity contribution >= 4 is 6.09 Å². The van der Waals surface area contributed by atoms with Crippen molar-refractivity contribution in [1.29, 1.82) is 0 Å². The first-order valence-electron chi connectivity index (χ1n) is 7.73. The molecule has 0 bridgehead atoms. The van der Waals surface area contributed by atoms with Crippen molar-refractivity contribution in [2.45, 2.75) is 65.6 Å². The molecule has 1 aromatic rings. The van der Waals surface area contributed by atoms with Gasteiger partial charge in [-0.3, -0.25) is 9.97 Å². The molecule has 6 heteroatoms. The number of carbonyl (C=O) groups is 1. The van der Waals surface area contributed by atoms with E-state index in [0.29, 0.717) is 6.54 Å². The molecule has 0 fully saturated rings. The number of aryl methyl sites for hydroxylation is 1. The highest BCUT2D eigenvalue weighted by Crippen LogP contribution is 2.13. The Morgan fingerprint density at radius 2 is 1.95 bits per heavy atom. The Morgan fingerprint density at radius 1 is 1.32 bits per heavy atom. The van der Waals surface area contributed by atoms with Gasteiger partial charge in [-0.05, 0) is 41.0 Å². The van der Waals surface area contributed by atoms with Crippen LogP contribution in [0.3, 0.4) is 0 Å². The van der Waals surface area contributed by atoms with E-state index >= 15 is 0 Å². The molecule has 0 aromatic carbocycles. The fourth-order valence-corrected chi connectivity index (χ4v) is 2.12. The fraction of sp³-hybridized carbons (Fsp3) is 0.688. The summed E-state index contributed by atoms with van der Waals surface area (Å²) in [5.41, 5.74) is 1.36. The summed E-state index contributed by atoms with van der Waals surface area (Å²) in [5.74, 6) is 0. The summed E-state index contributed by atoms with van der Waals surface area (Å²) in [6.45, 7) is 12.1. The summed E-state index contributed by atoms with van der Waals surface area (Å²) in [4.78, 5) is 20.3. The molecule has 22 heavy (non-hydrogen) atoms. The van der Waals surface area contributed by atoms with E-state index in [9.17, 15) is 4.79 Å². The first-order valence-corrected chi connectivity index (χ1v) is 7.73. The van der Waals surface area contributed by atoms with Crippen LogP contribution in [0.4, 0.5) is 4.79 Å². The topological polar surface area (TPSA) is 76.1 Å². The highest BCUT2D eigenvalue weighted by atomic mass is 16.6. The van der Waals surface area contributed by atoms with E-state index in [1.54, 1.807) is 12.4 Å². The first-order chi connectivity index (χ1) is 10.2. The second-order valence-corrected chi connectivity index (χ2v) is 6.40. The first kappa shape index (κ1) is 18.4. The van der Waals surface area contributed by atoms with Gasteiger partial charge in [-0.1, -0.05) is 6.92 Å². The lowest BCUT2D eigenvalue weighted by molar-refractivity contribution is 0.0521. The van der Waals surface area contributed by atoms with E-state index < -0.39 is 11.7 Å². The van der Waals surface area contributed by atoms with Crippen LogP contribution < -0.4 is 10.6 Å². The molecule has 1 heterocycles. The van der Waals surface area contributed by atoms with Gasteiger partial charge in [0.2, 0.25) is 0 Å². The van der Waals surface area contributed by atoms with Crippen molar-refractivity contribution in [3.05, 3.63) is 23.8 Å². The molecule has 1 aromatic heterocycles. The zero-order valence-electron chi connectivity index (χ0n) is 14.4. The zero-order chi connectivity index (χ0) is 16.8. The molecule has 0 aliphatic heterocycles. The van der Waals surface area contributed by atoms with Crippen molar-refractivity contribution in [3.8, 4) is 0 Å². The number of alkyl carbamates (subject to hydrolysis) is 1. The molecule has 0 radical (unpaired) electrons. The molecule has 2 unspecified atom stereocenters. The molecule has 0 spiro atoms. The zero-order valence-corrected chi connectivity index (χ0v) is 14.4. The van der Waals surface area contributed by atoms with E-state index in [1.807, 2.05) is 34.6 Å². The van der Waals surface area contributed by atoms with Gasteiger partial charge in [0, 0.05) is 31.0 Å². The van der Waals surface area contributed by atoms with Crippen LogP contribution in [-0.4, -0.2) is 34.2 Å². The molecule has 0 aliphatic carbocycles. The molecule has 6 nitrogen and oxygen atoms in total. The van der Waals surface area contributed by atoms with Gasteiger partial charge in [-0.25, -0.2) is 4.79 Å². The van der Waals surface area contributed by atoms with E-state index in [0.717, 1.165) is 17.8 Å². The molecule has 0 aliphatic rings. The van der Waals surface area contributed by atoms with Crippen LogP contribution in [0.5, 0.6) is 0 Å². The largest absolute Gasteiger partial charge is 0.444 e. The molecule has 1 rings (SSSR count). The fourth-order valence-electron chi connectivity index (χ4n) is 2.12. The van der Waals surface area contributed by atoms with Crippen LogP contribution in [0.2, 0.25) is 0 Å². The van der Waals surface area contributed by atoms with Crippen molar-refractivity contribution in [2.24, 2.45) is 0 Å². The Hall–Kier alpha value is -1.69. The second-order valence-electron chi connectivity index (χ2n) is 6.40. The monoisotopic (exact) mass is 308 g/mol. The number of nitrogens with zero attached hydrogens (tertiary/aromatic N) is 2. The Morgan fingerprint density at radius 3 is 2.50 bits per heavy atom. The average Bonchev–Trinajstić information content (AvgIpc) is 2.41. The standard InChI is InChI=1S/C16H28N4O2/c1-7-13(10-19-15(21)22-16(4,5)6)20-12(3)14-11(2)17-8-9-18-14/h8-9,12-13,20H,7,10H2,1-6H3,(H,19,21). The quantitative estimate of drug-likeness (QED) is 0.845. The minimum Gasteiger partial charge on any atom is -0.444 e. The third-order valence-corrected chi connectivity index (χ3v) is 3.20. The summed E-state index contributed by atoms with van der Waals surface area (Å²) in [6.07, 6.45) is 3.88. The van der Waals surface area contributed by atoms with Crippen LogP contribution >= 0.6 is 0 Å². The minimum atomic E-state index is -0.483. The van der Waals surface area contributed by atoms with Gasteiger partial charge in [0.25, 0.3) is 0 Å². The minimum absolute atomic E-state index is 0.0686. The van der Waals surface area contributed by atoms with Gasteiger partial charge >= 0.3 is 6.09 Å². The van der Waals surface area contributed by atoms with E-state index in [-0.39, 0.29) is 12.1 Å². The van der Waals surface area contributed by atoms with E-state index in [4.69, 9.17) is 4.74 Å². The Kier molecular flexibility index (Phi) is 6.74. The number of hydrogen-bond donors (Lipinski definition) is 2.